The number of benzene rings is 2. The number of hydrogen-bond donors (Lipinski definition) is 0. The Morgan fingerprint density at radius 2 is 1.90 bits per heavy atom. The molecule has 0 aliphatic rings. The first-order valence-electron chi connectivity index (χ1n) is 6.43. The van der Waals surface area contributed by atoms with Gasteiger partial charge in [-0.3, -0.25) is 0 Å². The van der Waals surface area contributed by atoms with Crippen LogP contribution in [-0.4, -0.2) is 13.4 Å². The molecule has 104 valence electrons. The van der Waals surface area contributed by atoms with Gasteiger partial charge in [0, 0.05) is 5.02 Å². The highest BCUT2D eigenvalue weighted by Gasteiger charge is 2.27. The van der Waals surface area contributed by atoms with Gasteiger partial charge in [0.2, 0.25) is 0 Å². The molecule has 0 saturated carbocycles. The molecular weight excluding hydrogens is 272 g/mol. The van der Waals surface area contributed by atoms with Crippen molar-refractivity contribution in [3.05, 3.63) is 64.7 Å². The van der Waals surface area contributed by atoms with Crippen molar-refractivity contribution >= 4 is 17.9 Å². The molecule has 0 saturated heterocycles. The topological polar surface area (TPSA) is 26.3 Å². The lowest BCUT2D eigenvalue weighted by Gasteiger charge is -2.24. The van der Waals surface area contributed by atoms with Crippen molar-refractivity contribution in [1.29, 1.82) is 0 Å². The second-order valence-electron chi connectivity index (χ2n) is 5.07. The Hall–Kier alpha value is -1.80. The summed E-state index contributed by atoms with van der Waals surface area (Å²) in [5.74, 6) is 0.756. The smallest absolute Gasteiger partial charge is 0.130 e. The van der Waals surface area contributed by atoms with E-state index in [9.17, 15) is 4.79 Å². The lowest BCUT2D eigenvalue weighted by Crippen LogP contribution is -2.26. The van der Waals surface area contributed by atoms with E-state index in [1.165, 1.54) is 0 Å². The molecule has 0 bridgehead atoms. The third-order valence-electron chi connectivity index (χ3n) is 3.47. The molecule has 0 radical (unpaired) electrons. The van der Waals surface area contributed by atoms with E-state index in [0.29, 0.717) is 11.4 Å². The molecule has 0 fully saturated rings. The quantitative estimate of drug-likeness (QED) is 0.776. The van der Waals surface area contributed by atoms with Crippen molar-refractivity contribution in [2.24, 2.45) is 0 Å². The second kappa shape index (κ2) is 6.10. The minimum absolute atomic E-state index is 0.581. The van der Waals surface area contributed by atoms with E-state index >= 15 is 0 Å². The van der Waals surface area contributed by atoms with Crippen molar-refractivity contribution in [2.45, 2.75) is 18.8 Å². The Balaban J connectivity index is 2.32. The number of ether oxygens (including phenoxy) is 1. The lowest BCUT2D eigenvalue weighted by atomic mass is 9.78. The highest BCUT2D eigenvalue weighted by Crippen LogP contribution is 2.29. The van der Waals surface area contributed by atoms with Crippen LogP contribution in [0.15, 0.2) is 48.5 Å². The van der Waals surface area contributed by atoms with Gasteiger partial charge in [-0.05, 0) is 48.7 Å². The summed E-state index contributed by atoms with van der Waals surface area (Å²) >= 11 is 5.89. The standard InChI is InChI=1S/C17H17ClO2/c1-17(12-19,11-13-6-8-15(18)9-7-13)14-4-3-5-16(10-14)20-2/h3-10,12H,11H2,1-2H3. The molecule has 0 aromatic heterocycles. The summed E-state index contributed by atoms with van der Waals surface area (Å²) < 4.78 is 5.23. The normalized spacial score (nSPS) is 13.6. The van der Waals surface area contributed by atoms with Crippen LogP contribution < -0.4 is 4.74 Å². The molecular formula is C17H17ClO2. The van der Waals surface area contributed by atoms with Crippen LogP contribution in [-0.2, 0) is 16.6 Å². The molecule has 20 heavy (non-hydrogen) atoms. The fourth-order valence-corrected chi connectivity index (χ4v) is 2.34. The highest BCUT2D eigenvalue weighted by atomic mass is 35.5. The summed E-state index contributed by atoms with van der Waals surface area (Å²) in [7, 11) is 1.62. The second-order valence-corrected chi connectivity index (χ2v) is 5.51. The van der Waals surface area contributed by atoms with E-state index in [1.807, 2.05) is 55.5 Å². The summed E-state index contributed by atoms with van der Waals surface area (Å²) in [4.78, 5) is 11.6. The van der Waals surface area contributed by atoms with Gasteiger partial charge < -0.3 is 9.53 Å². The zero-order valence-corrected chi connectivity index (χ0v) is 12.4. The summed E-state index contributed by atoms with van der Waals surface area (Å²) in [5.41, 5.74) is 1.44. The number of halogens is 1. The van der Waals surface area contributed by atoms with E-state index in [-0.39, 0.29) is 0 Å². The summed E-state index contributed by atoms with van der Waals surface area (Å²) in [6, 6.07) is 15.2. The summed E-state index contributed by atoms with van der Waals surface area (Å²) in [5, 5.41) is 0.697. The van der Waals surface area contributed by atoms with Gasteiger partial charge in [-0.15, -0.1) is 0 Å². The molecule has 0 amide bonds. The van der Waals surface area contributed by atoms with Crippen molar-refractivity contribution in [2.75, 3.05) is 7.11 Å². The molecule has 0 heterocycles. The first-order chi connectivity index (χ1) is 9.57. The minimum atomic E-state index is -0.581. The Labute approximate surface area is 124 Å². The van der Waals surface area contributed by atoms with Crippen LogP contribution >= 0.6 is 11.6 Å². The lowest BCUT2D eigenvalue weighted by molar-refractivity contribution is -0.112. The van der Waals surface area contributed by atoms with E-state index in [0.717, 1.165) is 23.2 Å². The Kier molecular flexibility index (Phi) is 4.46. The van der Waals surface area contributed by atoms with Crippen LogP contribution in [0.1, 0.15) is 18.1 Å². The van der Waals surface area contributed by atoms with Crippen LogP contribution in [0.25, 0.3) is 0 Å². The number of hydrogen-bond acceptors (Lipinski definition) is 2. The number of carbonyl (C=O) groups is 1. The van der Waals surface area contributed by atoms with Crippen LogP contribution in [0.4, 0.5) is 0 Å². The van der Waals surface area contributed by atoms with Gasteiger partial charge in [-0.2, -0.15) is 0 Å². The maximum absolute atomic E-state index is 11.6. The average molecular weight is 289 g/mol. The third kappa shape index (κ3) is 3.20. The average Bonchev–Trinajstić information content (AvgIpc) is 2.49. The third-order valence-corrected chi connectivity index (χ3v) is 3.73. The number of carbonyl (C=O) groups excluding carboxylic acids is 1. The van der Waals surface area contributed by atoms with Gasteiger partial charge in [-0.1, -0.05) is 35.9 Å². The van der Waals surface area contributed by atoms with Gasteiger partial charge >= 0.3 is 0 Å². The number of aldehydes is 1. The minimum Gasteiger partial charge on any atom is -0.497 e. The SMILES string of the molecule is COc1cccc(C(C)(C=O)Cc2ccc(Cl)cc2)c1. The van der Waals surface area contributed by atoms with Crippen LogP contribution in [0.5, 0.6) is 5.75 Å². The molecule has 1 unspecified atom stereocenters. The van der Waals surface area contributed by atoms with Crippen molar-refractivity contribution in [1.82, 2.24) is 0 Å². The van der Waals surface area contributed by atoms with Crippen LogP contribution in [0.2, 0.25) is 5.02 Å². The molecule has 0 aliphatic carbocycles. The molecule has 1 atom stereocenters. The highest BCUT2D eigenvalue weighted by molar-refractivity contribution is 6.30. The van der Waals surface area contributed by atoms with Gasteiger partial charge in [0.05, 0.1) is 12.5 Å². The molecule has 0 N–H and O–H groups in total. The fraction of sp³-hybridized carbons (Fsp3) is 0.235. The molecule has 2 nitrogen and oxygen atoms in total. The number of rotatable bonds is 5. The van der Waals surface area contributed by atoms with Gasteiger partial charge in [0.25, 0.3) is 0 Å². The van der Waals surface area contributed by atoms with Crippen molar-refractivity contribution in [3.63, 3.8) is 0 Å². The Morgan fingerprint density at radius 3 is 2.50 bits per heavy atom. The number of methoxy groups -OCH3 is 1. The predicted molar refractivity (Wildman–Crippen MR) is 81.6 cm³/mol. The first kappa shape index (κ1) is 14.6. The van der Waals surface area contributed by atoms with E-state index in [4.69, 9.17) is 16.3 Å². The molecule has 0 spiro atoms. The largest absolute Gasteiger partial charge is 0.497 e. The monoisotopic (exact) mass is 288 g/mol. The zero-order valence-electron chi connectivity index (χ0n) is 11.6. The Bertz CT molecular complexity index is 592. The predicted octanol–water partition coefficient (Wildman–Crippen LogP) is 4.05. The maximum atomic E-state index is 11.6. The van der Waals surface area contributed by atoms with Crippen LogP contribution in [0.3, 0.4) is 0 Å². The van der Waals surface area contributed by atoms with Gasteiger partial charge in [-0.25, -0.2) is 0 Å². The van der Waals surface area contributed by atoms with Crippen molar-refractivity contribution in [3.8, 4) is 5.75 Å². The van der Waals surface area contributed by atoms with Gasteiger partial charge in [0.1, 0.15) is 12.0 Å². The maximum Gasteiger partial charge on any atom is 0.130 e. The summed E-state index contributed by atoms with van der Waals surface area (Å²) in [6.07, 6.45) is 1.62. The molecule has 2 rings (SSSR count). The first-order valence-corrected chi connectivity index (χ1v) is 6.80. The molecule has 3 heteroatoms. The van der Waals surface area contributed by atoms with Crippen molar-refractivity contribution < 1.29 is 9.53 Å². The van der Waals surface area contributed by atoms with Crippen LogP contribution in [0, 0.1) is 0 Å². The van der Waals surface area contributed by atoms with E-state index < -0.39 is 5.41 Å². The van der Waals surface area contributed by atoms with Gasteiger partial charge in [0.15, 0.2) is 0 Å². The fourth-order valence-electron chi connectivity index (χ4n) is 2.22. The molecule has 2 aromatic rings. The molecule has 2 aromatic carbocycles. The Morgan fingerprint density at radius 1 is 1.20 bits per heavy atom. The molecule has 0 aliphatic heterocycles. The van der Waals surface area contributed by atoms with E-state index in [2.05, 4.69) is 0 Å². The zero-order chi connectivity index (χ0) is 14.6. The summed E-state index contributed by atoms with van der Waals surface area (Å²) in [6.45, 7) is 1.93. The van der Waals surface area contributed by atoms with E-state index in [1.54, 1.807) is 7.11 Å².